The summed E-state index contributed by atoms with van der Waals surface area (Å²) in [5, 5.41) is 2.86. The standard InChI is InChI=1S/C18H19NO3/c1-13-5-3-6-14(11-13)9-10-19-17(20)15-7-4-8-16(12-15)18(21)22-2/h3-8,11-12H,9-10H2,1-2H3,(H,19,20). The molecule has 0 aliphatic rings. The number of carbonyl (C=O) groups is 2. The zero-order valence-corrected chi connectivity index (χ0v) is 12.8. The Morgan fingerprint density at radius 2 is 1.77 bits per heavy atom. The zero-order valence-electron chi connectivity index (χ0n) is 12.8. The monoisotopic (exact) mass is 297 g/mol. The minimum atomic E-state index is -0.450. The van der Waals surface area contributed by atoms with E-state index in [9.17, 15) is 9.59 Å². The van der Waals surface area contributed by atoms with Crippen LogP contribution in [0, 0.1) is 6.92 Å². The second-order valence-corrected chi connectivity index (χ2v) is 5.07. The van der Waals surface area contributed by atoms with Crippen LogP contribution in [0.25, 0.3) is 0 Å². The van der Waals surface area contributed by atoms with E-state index in [1.165, 1.54) is 24.3 Å². The lowest BCUT2D eigenvalue weighted by molar-refractivity contribution is 0.0600. The lowest BCUT2D eigenvalue weighted by Crippen LogP contribution is -2.25. The molecule has 0 atom stereocenters. The maximum atomic E-state index is 12.1. The van der Waals surface area contributed by atoms with Gasteiger partial charge < -0.3 is 10.1 Å². The molecular formula is C18H19NO3. The zero-order chi connectivity index (χ0) is 15.9. The molecule has 0 spiro atoms. The molecule has 0 unspecified atom stereocenters. The predicted molar refractivity (Wildman–Crippen MR) is 85.0 cm³/mol. The fourth-order valence-corrected chi connectivity index (χ4v) is 2.20. The SMILES string of the molecule is COC(=O)c1cccc(C(=O)NCCc2cccc(C)c2)c1. The molecule has 4 nitrogen and oxygen atoms in total. The van der Waals surface area contributed by atoms with Crippen molar-refractivity contribution < 1.29 is 14.3 Å². The van der Waals surface area contributed by atoms with Crippen molar-refractivity contribution in [3.8, 4) is 0 Å². The number of hydrogen-bond acceptors (Lipinski definition) is 3. The number of carbonyl (C=O) groups excluding carboxylic acids is 2. The van der Waals surface area contributed by atoms with Crippen molar-refractivity contribution in [2.45, 2.75) is 13.3 Å². The lowest BCUT2D eigenvalue weighted by Gasteiger charge is -2.07. The molecule has 114 valence electrons. The summed E-state index contributed by atoms with van der Waals surface area (Å²) in [5.41, 5.74) is 3.21. The van der Waals surface area contributed by atoms with Crippen LogP contribution in [-0.2, 0) is 11.2 Å². The average molecular weight is 297 g/mol. The number of hydrogen-bond donors (Lipinski definition) is 1. The second kappa shape index (κ2) is 7.41. The van der Waals surface area contributed by atoms with Gasteiger partial charge in [-0.25, -0.2) is 4.79 Å². The summed E-state index contributed by atoms with van der Waals surface area (Å²) in [6.07, 6.45) is 0.768. The van der Waals surface area contributed by atoms with E-state index in [2.05, 4.69) is 16.1 Å². The first-order chi connectivity index (χ1) is 10.6. The van der Waals surface area contributed by atoms with Gasteiger partial charge in [0.15, 0.2) is 0 Å². The first-order valence-electron chi connectivity index (χ1n) is 7.12. The van der Waals surface area contributed by atoms with Crippen LogP contribution in [0.4, 0.5) is 0 Å². The Balaban J connectivity index is 1.93. The van der Waals surface area contributed by atoms with E-state index in [0.29, 0.717) is 17.7 Å². The number of esters is 1. The molecule has 0 saturated carbocycles. The number of nitrogens with one attached hydrogen (secondary N) is 1. The highest BCUT2D eigenvalue weighted by molar-refractivity contribution is 5.97. The van der Waals surface area contributed by atoms with E-state index >= 15 is 0 Å². The van der Waals surface area contributed by atoms with Gasteiger partial charge in [-0.2, -0.15) is 0 Å². The molecule has 0 heterocycles. The van der Waals surface area contributed by atoms with Crippen LogP contribution in [0.15, 0.2) is 48.5 Å². The molecule has 0 aliphatic heterocycles. The Morgan fingerprint density at radius 1 is 1.05 bits per heavy atom. The molecule has 22 heavy (non-hydrogen) atoms. The van der Waals surface area contributed by atoms with Gasteiger partial charge in [-0.1, -0.05) is 35.9 Å². The molecule has 2 aromatic rings. The number of benzene rings is 2. The number of aryl methyl sites for hydroxylation is 1. The van der Waals surface area contributed by atoms with Crippen LogP contribution in [0.1, 0.15) is 31.8 Å². The van der Waals surface area contributed by atoms with Gasteiger partial charge in [-0.05, 0) is 37.1 Å². The maximum Gasteiger partial charge on any atom is 0.337 e. The van der Waals surface area contributed by atoms with E-state index in [1.807, 2.05) is 25.1 Å². The Morgan fingerprint density at radius 3 is 2.50 bits per heavy atom. The Bertz CT molecular complexity index is 680. The van der Waals surface area contributed by atoms with Crippen molar-refractivity contribution in [3.63, 3.8) is 0 Å². The van der Waals surface area contributed by atoms with E-state index in [1.54, 1.807) is 18.2 Å². The highest BCUT2D eigenvalue weighted by atomic mass is 16.5. The van der Waals surface area contributed by atoms with Crippen molar-refractivity contribution in [1.29, 1.82) is 0 Å². The van der Waals surface area contributed by atoms with E-state index in [-0.39, 0.29) is 5.91 Å². The smallest absolute Gasteiger partial charge is 0.337 e. The van der Waals surface area contributed by atoms with Gasteiger partial charge >= 0.3 is 5.97 Å². The first-order valence-corrected chi connectivity index (χ1v) is 7.12. The van der Waals surface area contributed by atoms with Crippen molar-refractivity contribution in [2.75, 3.05) is 13.7 Å². The van der Waals surface area contributed by atoms with Crippen LogP contribution in [0.2, 0.25) is 0 Å². The third kappa shape index (κ3) is 4.19. The van der Waals surface area contributed by atoms with E-state index in [0.717, 1.165) is 6.42 Å². The van der Waals surface area contributed by atoms with E-state index in [4.69, 9.17) is 0 Å². The molecule has 4 heteroatoms. The number of ether oxygens (including phenoxy) is 1. The van der Waals surface area contributed by atoms with E-state index < -0.39 is 5.97 Å². The summed E-state index contributed by atoms with van der Waals surface area (Å²) in [6.45, 7) is 2.59. The molecule has 1 amide bonds. The molecule has 1 N–H and O–H groups in total. The predicted octanol–water partition coefficient (Wildman–Crippen LogP) is 2.75. The summed E-state index contributed by atoms with van der Waals surface area (Å²) >= 11 is 0. The van der Waals surface area contributed by atoms with Crippen LogP contribution >= 0.6 is 0 Å². The van der Waals surface area contributed by atoms with Crippen molar-refractivity contribution in [2.24, 2.45) is 0 Å². The minimum Gasteiger partial charge on any atom is -0.465 e. The molecule has 0 bridgehead atoms. The van der Waals surface area contributed by atoms with Crippen LogP contribution in [0.3, 0.4) is 0 Å². The largest absolute Gasteiger partial charge is 0.465 e. The Labute approximate surface area is 130 Å². The lowest BCUT2D eigenvalue weighted by atomic mass is 10.1. The van der Waals surface area contributed by atoms with Crippen molar-refractivity contribution in [3.05, 3.63) is 70.8 Å². The number of amides is 1. The second-order valence-electron chi connectivity index (χ2n) is 5.07. The molecular weight excluding hydrogens is 278 g/mol. The van der Waals surface area contributed by atoms with Crippen LogP contribution in [-0.4, -0.2) is 25.5 Å². The number of methoxy groups -OCH3 is 1. The van der Waals surface area contributed by atoms with Crippen molar-refractivity contribution in [1.82, 2.24) is 5.32 Å². The summed E-state index contributed by atoms with van der Waals surface area (Å²) < 4.78 is 4.65. The molecule has 0 saturated heterocycles. The third-order valence-corrected chi connectivity index (χ3v) is 3.33. The maximum absolute atomic E-state index is 12.1. The molecule has 0 fully saturated rings. The van der Waals surface area contributed by atoms with Gasteiger partial charge in [0.2, 0.25) is 0 Å². The fourth-order valence-electron chi connectivity index (χ4n) is 2.20. The molecule has 2 rings (SSSR count). The summed E-state index contributed by atoms with van der Waals surface area (Å²) in [5.74, 6) is -0.646. The van der Waals surface area contributed by atoms with Gasteiger partial charge in [-0.3, -0.25) is 4.79 Å². The molecule has 0 radical (unpaired) electrons. The van der Waals surface area contributed by atoms with Gasteiger partial charge in [0.1, 0.15) is 0 Å². The quantitative estimate of drug-likeness (QED) is 0.863. The van der Waals surface area contributed by atoms with Gasteiger partial charge in [0.25, 0.3) is 5.91 Å². The minimum absolute atomic E-state index is 0.196. The Kier molecular flexibility index (Phi) is 5.31. The van der Waals surface area contributed by atoms with Crippen molar-refractivity contribution >= 4 is 11.9 Å². The van der Waals surface area contributed by atoms with Gasteiger partial charge in [0, 0.05) is 12.1 Å². The first kappa shape index (κ1) is 15.8. The Hall–Kier alpha value is -2.62. The molecule has 0 aliphatic carbocycles. The summed E-state index contributed by atoms with van der Waals surface area (Å²) in [4.78, 5) is 23.6. The summed E-state index contributed by atoms with van der Waals surface area (Å²) in [6, 6.07) is 14.7. The highest BCUT2D eigenvalue weighted by Gasteiger charge is 2.10. The number of rotatable bonds is 5. The van der Waals surface area contributed by atoms with Crippen LogP contribution in [0.5, 0.6) is 0 Å². The average Bonchev–Trinajstić information content (AvgIpc) is 2.54. The van der Waals surface area contributed by atoms with Gasteiger partial charge in [0.05, 0.1) is 12.7 Å². The topological polar surface area (TPSA) is 55.4 Å². The molecule has 0 aromatic heterocycles. The van der Waals surface area contributed by atoms with Gasteiger partial charge in [-0.15, -0.1) is 0 Å². The fraction of sp³-hybridized carbons (Fsp3) is 0.222. The highest BCUT2D eigenvalue weighted by Crippen LogP contribution is 2.07. The normalized spacial score (nSPS) is 10.1. The van der Waals surface area contributed by atoms with Crippen LogP contribution < -0.4 is 5.32 Å². The summed E-state index contributed by atoms with van der Waals surface area (Å²) in [7, 11) is 1.32. The molecule has 2 aromatic carbocycles. The third-order valence-electron chi connectivity index (χ3n) is 3.33.